The van der Waals surface area contributed by atoms with Crippen LogP contribution in [0.1, 0.15) is 38.3 Å². The summed E-state index contributed by atoms with van der Waals surface area (Å²) in [7, 11) is 1.80. The number of alkyl halides is 2. The van der Waals surface area contributed by atoms with E-state index in [-0.39, 0.29) is 24.3 Å². The zero-order chi connectivity index (χ0) is 23.8. The van der Waals surface area contributed by atoms with Crippen LogP contribution in [0.25, 0.3) is 16.8 Å². The van der Waals surface area contributed by atoms with Crippen molar-refractivity contribution in [3.05, 3.63) is 36.3 Å². The normalized spacial score (nSPS) is 20.6. The zero-order valence-electron chi connectivity index (χ0n) is 19.2. The molecule has 1 amide bonds. The van der Waals surface area contributed by atoms with E-state index in [4.69, 9.17) is 4.98 Å². The van der Waals surface area contributed by atoms with Gasteiger partial charge in [0.05, 0.1) is 28.8 Å². The fourth-order valence-corrected chi connectivity index (χ4v) is 4.69. The van der Waals surface area contributed by atoms with Gasteiger partial charge < -0.3 is 10.2 Å². The Morgan fingerprint density at radius 3 is 2.91 bits per heavy atom. The van der Waals surface area contributed by atoms with Crippen LogP contribution in [-0.2, 0) is 11.2 Å². The van der Waals surface area contributed by atoms with Crippen molar-refractivity contribution >= 4 is 28.8 Å². The number of nitrogens with zero attached hydrogens (tertiary/aromatic N) is 6. The van der Waals surface area contributed by atoms with Crippen molar-refractivity contribution in [2.24, 2.45) is 10.9 Å². The van der Waals surface area contributed by atoms with Crippen LogP contribution in [0, 0.1) is 5.92 Å². The molecule has 0 aromatic carbocycles. The fraction of sp³-hybridized carbons (Fsp3) is 0.458. The molecule has 1 fully saturated rings. The standard InChI is InChI=1S/C24H27F2N7O/c1-14-15(3-7-22(25)26)11-20-19(28-14)6-5-18(30-20)17-9-10-33-21(17)12-27-24(31-33)29-16-4-8-23(34)32(2)13-16/h5-6,9-10,12,15-16,22H,3-4,7-8,11,13H2,1-2H3,(H,29,31)/t15-,16+/m0/s1. The molecular weight excluding hydrogens is 440 g/mol. The lowest BCUT2D eigenvalue weighted by molar-refractivity contribution is -0.132. The predicted molar refractivity (Wildman–Crippen MR) is 126 cm³/mol. The number of likely N-dealkylation sites (N-methyl/N-ethyl adjacent to an activating group) is 1. The van der Waals surface area contributed by atoms with Crippen molar-refractivity contribution in [2.45, 2.75) is 51.5 Å². The molecule has 5 rings (SSSR count). The highest BCUT2D eigenvalue weighted by molar-refractivity contribution is 5.89. The summed E-state index contributed by atoms with van der Waals surface area (Å²) in [6.07, 6.45) is 3.48. The minimum atomic E-state index is -2.30. The second-order valence-corrected chi connectivity index (χ2v) is 9.08. The lowest BCUT2D eigenvalue weighted by Crippen LogP contribution is -2.43. The molecule has 3 aromatic rings. The lowest BCUT2D eigenvalue weighted by atomic mass is 9.90. The number of pyridine rings is 1. The summed E-state index contributed by atoms with van der Waals surface area (Å²) in [5, 5.41) is 7.90. The van der Waals surface area contributed by atoms with Gasteiger partial charge in [0.1, 0.15) is 0 Å². The van der Waals surface area contributed by atoms with E-state index in [0.717, 1.165) is 40.3 Å². The molecule has 2 aliphatic heterocycles. The van der Waals surface area contributed by atoms with Crippen LogP contribution < -0.4 is 5.32 Å². The summed E-state index contributed by atoms with van der Waals surface area (Å²) in [5.41, 5.74) is 5.01. The number of aromatic nitrogens is 4. The van der Waals surface area contributed by atoms with Gasteiger partial charge in [-0.2, -0.15) is 0 Å². The van der Waals surface area contributed by atoms with E-state index in [2.05, 4.69) is 20.4 Å². The predicted octanol–water partition coefficient (Wildman–Crippen LogP) is 4.13. The Balaban J connectivity index is 1.36. The molecular formula is C24H27F2N7O. The number of aliphatic imine (C=N–C) groups is 1. The van der Waals surface area contributed by atoms with E-state index in [1.54, 1.807) is 22.7 Å². The highest BCUT2D eigenvalue weighted by atomic mass is 19.3. The third-order valence-electron chi connectivity index (χ3n) is 6.66. The molecule has 0 radical (unpaired) electrons. The summed E-state index contributed by atoms with van der Waals surface area (Å²) in [5.74, 6) is 0.650. The molecule has 3 aromatic heterocycles. The molecule has 8 nitrogen and oxygen atoms in total. The molecule has 0 unspecified atom stereocenters. The van der Waals surface area contributed by atoms with Gasteiger partial charge in [0.2, 0.25) is 18.3 Å². The number of carbonyl (C=O) groups excluding carboxylic acids is 1. The minimum Gasteiger partial charge on any atom is -0.348 e. The molecule has 1 N–H and O–H groups in total. The van der Waals surface area contributed by atoms with Gasteiger partial charge >= 0.3 is 0 Å². The molecule has 10 heteroatoms. The Kier molecular flexibility index (Phi) is 5.97. The van der Waals surface area contributed by atoms with Gasteiger partial charge in [-0.25, -0.2) is 18.3 Å². The van der Waals surface area contributed by atoms with Gasteiger partial charge in [0, 0.05) is 55.9 Å². The number of nitrogens with one attached hydrogen (secondary N) is 1. The first kappa shape index (κ1) is 22.4. The van der Waals surface area contributed by atoms with E-state index >= 15 is 0 Å². The first-order valence-electron chi connectivity index (χ1n) is 11.6. The Bertz CT molecular complexity index is 1260. The quantitative estimate of drug-likeness (QED) is 0.589. The molecule has 0 bridgehead atoms. The third-order valence-corrected chi connectivity index (χ3v) is 6.66. The topological polar surface area (TPSA) is 87.8 Å². The molecule has 34 heavy (non-hydrogen) atoms. The second-order valence-electron chi connectivity index (χ2n) is 9.08. The van der Waals surface area contributed by atoms with E-state index in [0.29, 0.717) is 31.8 Å². The fourth-order valence-electron chi connectivity index (χ4n) is 4.69. The van der Waals surface area contributed by atoms with Gasteiger partial charge in [-0.05, 0) is 44.4 Å². The molecule has 178 valence electrons. The number of carbonyl (C=O) groups is 1. The van der Waals surface area contributed by atoms with Crippen molar-refractivity contribution in [3.63, 3.8) is 0 Å². The van der Waals surface area contributed by atoms with Crippen LogP contribution in [0.4, 0.5) is 20.4 Å². The number of amides is 1. The molecule has 2 aliphatic rings. The maximum Gasteiger partial charge on any atom is 0.241 e. The molecule has 0 saturated carbocycles. The van der Waals surface area contributed by atoms with E-state index in [9.17, 15) is 13.6 Å². The van der Waals surface area contributed by atoms with Crippen molar-refractivity contribution < 1.29 is 13.6 Å². The monoisotopic (exact) mass is 467 g/mol. The van der Waals surface area contributed by atoms with Crippen molar-refractivity contribution in [1.82, 2.24) is 24.5 Å². The number of piperidine rings is 1. The number of halogens is 2. The SMILES string of the molecule is CC1=Nc2ccc(-c3ccn4nc(N[C@@H]5CCC(=O)N(C)C5)ncc34)nc2C[C@@H]1CCC(F)F. The van der Waals surface area contributed by atoms with Crippen molar-refractivity contribution in [3.8, 4) is 11.3 Å². The molecule has 0 aliphatic carbocycles. The third kappa shape index (κ3) is 4.49. The molecule has 5 heterocycles. The van der Waals surface area contributed by atoms with Crippen LogP contribution in [0.5, 0.6) is 0 Å². The van der Waals surface area contributed by atoms with Crippen LogP contribution in [-0.4, -0.2) is 62.2 Å². The number of fused-ring (bicyclic) bond motifs is 2. The highest BCUT2D eigenvalue weighted by Crippen LogP contribution is 2.33. The summed E-state index contributed by atoms with van der Waals surface area (Å²) in [4.78, 5) is 27.4. The summed E-state index contributed by atoms with van der Waals surface area (Å²) >= 11 is 0. The number of hydrogen-bond acceptors (Lipinski definition) is 6. The van der Waals surface area contributed by atoms with Crippen molar-refractivity contribution in [1.29, 1.82) is 0 Å². The van der Waals surface area contributed by atoms with Crippen LogP contribution in [0.15, 0.2) is 35.6 Å². The van der Waals surface area contributed by atoms with E-state index in [1.165, 1.54) is 0 Å². The first-order chi connectivity index (χ1) is 16.4. The molecule has 1 saturated heterocycles. The maximum atomic E-state index is 12.7. The first-order valence-corrected chi connectivity index (χ1v) is 11.6. The van der Waals surface area contributed by atoms with Crippen molar-refractivity contribution in [2.75, 3.05) is 18.9 Å². The zero-order valence-corrected chi connectivity index (χ0v) is 19.2. The van der Waals surface area contributed by atoms with Gasteiger partial charge in [0.15, 0.2) is 0 Å². The Labute approximate surface area is 196 Å². The molecule has 0 spiro atoms. The van der Waals surface area contributed by atoms with E-state index in [1.807, 2.05) is 31.3 Å². The number of rotatable bonds is 6. The summed E-state index contributed by atoms with van der Waals surface area (Å²) < 4.78 is 27.2. The summed E-state index contributed by atoms with van der Waals surface area (Å²) in [6, 6.07) is 5.91. The van der Waals surface area contributed by atoms with E-state index < -0.39 is 6.43 Å². The lowest BCUT2D eigenvalue weighted by Gasteiger charge is -2.30. The number of anilines is 1. The van der Waals surface area contributed by atoms with Gasteiger partial charge in [0.25, 0.3) is 0 Å². The van der Waals surface area contributed by atoms with Crippen LogP contribution in [0.3, 0.4) is 0 Å². The van der Waals surface area contributed by atoms with Crippen LogP contribution >= 0.6 is 0 Å². The summed E-state index contributed by atoms with van der Waals surface area (Å²) in [6.45, 7) is 2.52. The van der Waals surface area contributed by atoms with Gasteiger partial charge in [-0.3, -0.25) is 14.8 Å². The average Bonchev–Trinajstić information content (AvgIpc) is 3.23. The number of likely N-dealkylation sites (tertiary alicyclic amines) is 1. The average molecular weight is 468 g/mol. The second kappa shape index (κ2) is 9.08. The molecule has 2 atom stereocenters. The largest absolute Gasteiger partial charge is 0.348 e. The smallest absolute Gasteiger partial charge is 0.241 e. The minimum absolute atomic E-state index is 0.0128. The van der Waals surface area contributed by atoms with Gasteiger partial charge in [-0.15, -0.1) is 5.10 Å². The Morgan fingerprint density at radius 1 is 1.26 bits per heavy atom. The highest BCUT2D eigenvalue weighted by Gasteiger charge is 2.25. The van der Waals surface area contributed by atoms with Gasteiger partial charge in [-0.1, -0.05) is 0 Å². The Hall–Kier alpha value is -3.43. The maximum absolute atomic E-state index is 12.7. The number of hydrogen-bond donors (Lipinski definition) is 1. The van der Waals surface area contributed by atoms with Crippen LogP contribution in [0.2, 0.25) is 0 Å². The Morgan fingerprint density at radius 2 is 2.12 bits per heavy atom.